The summed E-state index contributed by atoms with van der Waals surface area (Å²) in [5.74, 6) is 0.871. The number of aromatic nitrogens is 3. The summed E-state index contributed by atoms with van der Waals surface area (Å²) in [4.78, 5) is 31.1. The van der Waals surface area contributed by atoms with Crippen LogP contribution < -0.4 is 11.2 Å². The van der Waals surface area contributed by atoms with Crippen LogP contribution in [0.3, 0.4) is 0 Å². The van der Waals surface area contributed by atoms with Gasteiger partial charge in [0, 0.05) is 22.0 Å². The van der Waals surface area contributed by atoms with Gasteiger partial charge in [-0.05, 0) is 61.8 Å². The molecule has 144 valence electrons. The molecule has 1 aliphatic rings. The fourth-order valence-electron chi connectivity index (χ4n) is 4.23. The van der Waals surface area contributed by atoms with Gasteiger partial charge in [0.05, 0.1) is 17.0 Å². The van der Waals surface area contributed by atoms with E-state index >= 15 is 0 Å². The second kappa shape index (κ2) is 6.97. The molecule has 3 heterocycles. The molecule has 0 aliphatic heterocycles. The standard InChI is InChI=1S/C21H21N3O2S2/c1-27-12-23-10-9-13-11-14(7-8-16(13)23)24-20(25)18-15-5-3-2-4-6-17(15)28-19(18)22-21(24)26/h7-11H,2-6,12H2,1H3,(H,22,26). The highest BCUT2D eigenvalue weighted by molar-refractivity contribution is 7.97. The van der Waals surface area contributed by atoms with Crippen LogP contribution in [0.15, 0.2) is 40.1 Å². The van der Waals surface area contributed by atoms with Crippen LogP contribution in [0.2, 0.25) is 0 Å². The molecule has 7 heteroatoms. The Balaban J connectivity index is 1.72. The molecule has 0 bridgehead atoms. The molecule has 0 radical (unpaired) electrons. The van der Waals surface area contributed by atoms with E-state index in [4.69, 9.17) is 0 Å². The van der Waals surface area contributed by atoms with Gasteiger partial charge in [-0.1, -0.05) is 6.42 Å². The predicted molar refractivity (Wildman–Crippen MR) is 118 cm³/mol. The molecule has 0 saturated carbocycles. The molecule has 5 rings (SSSR count). The highest BCUT2D eigenvalue weighted by Gasteiger charge is 2.20. The Kier molecular flexibility index (Phi) is 4.44. The van der Waals surface area contributed by atoms with Gasteiger partial charge in [-0.3, -0.25) is 9.78 Å². The quantitative estimate of drug-likeness (QED) is 0.512. The van der Waals surface area contributed by atoms with Crippen molar-refractivity contribution in [1.82, 2.24) is 14.1 Å². The number of thioether (sulfide) groups is 1. The maximum absolute atomic E-state index is 13.4. The van der Waals surface area contributed by atoms with E-state index in [-0.39, 0.29) is 11.2 Å². The minimum atomic E-state index is -0.364. The lowest BCUT2D eigenvalue weighted by molar-refractivity contribution is 0.713. The zero-order valence-electron chi connectivity index (χ0n) is 15.7. The number of nitrogens with zero attached hydrogens (tertiary/aromatic N) is 2. The number of hydrogen-bond acceptors (Lipinski definition) is 4. The normalized spacial score (nSPS) is 14.5. The van der Waals surface area contributed by atoms with Crippen molar-refractivity contribution in [3.8, 4) is 5.69 Å². The first-order valence-corrected chi connectivity index (χ1v) is 11.8. The van der Waals surface area contributed by atoms with Gasteiger partial charge in [0.1, 0.15) is 4.83 Å². The number of H-pyrrole nitrogens is 1. The summed E-state index contributed by atoms with van der Waals surface area (Å²) in [5.41, 5.74) is 2.32. The molecule has 1 aliphatic carbocycles. The van der Waals surface area contributed by atoms with E-state index in [0.717, 1.165) is 52.9 Å². The second-order valence-corrected chi connectivity index (χ2v) is 9.23. The first-order valence-electron chi connectivity index (χ1n) is 9.55. The summed E-state index contributed by atoms with van der Waals surface area (Å²) in [6.45, 7) is 0. The van der Waals surface area contributed by atoms with Crippen LogP contribution >= 0.6 is 23.1 Å². The number of rotatable bonds is 3. The number of hydrogen-bond donors (Lipinski definition) is 1. The number of aromatic amines is 1. The molecule has 5 nitrogen and oxygen atoms in total. The molecule has 0 fully saturated rings. The molecule has 0 saturated heterocycles. The fourth-order valence-corrected chi connectivity index (χ4v) is 6.00. The molecule has 1 N–H and O–H groups in total. The van der Waals surface area contributed by atoms with Crippen LogP contribution in [0.4, 0.5) is 0 Å². The Hall–Kier alpha value is -2.25. The van der Waals surface area contributed by atoms with Crippen LogP contribution in [0.5, 0.6) is 0 Å². The maximum atomic E-state index is 13.4. The van der Waals surface area contributed by atoms with E-state index in [2.05, 4.69) is 15.8 Å². The van der Waals surface area contributed by atoms with Crippen molar-refractivity contribution in [2.75, 3.05) is 6.26 Å². The lowest BCUT2D eigenvalue weighted by Crippen LogP contribution is -2.33. The van der Waals surface area contributed by atoms with E-state index in [1.54, 1.807) is 23.1 Å². The number of fused-ring (bicyclic) bond motifs is 4. The molecule has 0 amide bonds. The third-order valence-electron chi connectivity index (χ3n) is 5.54. The van der Waals surface area contributed by atoms with E-state index in [1.165, 1.54) is 15.9 Å². The molecule has 0 spiro atoms. The van der Waals surface area contributed by atoms with Crippen LogP contribution in [-0.2, 0) is 18.7 Å². The summed E-state index contributed by atoms with van der Waals surface area (Å²) in [6.07, 6.45) is 9.49. The van der Waals surface area contributed by atoms with Crippen LogP contribution in [0, 0.1) is 0 Å². The number of aryl methyl sites for hydroxylation is 2. The largest absolute Gasteiger partial charge is 0.338 e. The minimum Gasteiger partial charge on any atom is -0.338 e. The van der Waals surface area contributed by atoms with Gasteiger partial charge in [-0.15, -0.1) is 23.1 Å². The SMILES string of the molecule is CSCn1ccc2cc(-n3c(=O)[nH]c4sc5c(c4c3=O)CCCCC5)ccc21. The molecule has 0 unspecified atom stereocenters. The van der Waals surface area contributed by atoms with Crippen molar-refractivity contribution in [1.29, 1.82) is 0 Å². The summed E-state index contributed by atoms with van der Waals surface area (Å²) in [6, 6.07) is 7.82. The van der Waals surface area contributed by atoms with Gasteiger partial charge < -0.3 is 4.57 Å². The van der Waals surface area contributed by atoms with Gasteiger partial charge >= 0.3 is 5.69 Å². The summed E-state index contributed by atoms with van der Waals surface area (Å²) >= 11 is 3.33. The molecule has 4 aromatic rings. The summed E-state index contributed by atoms with van der Waals surface area (Å²) in [7, 11) is 0. The van der Waals surface area contributed by atoms with Crippen molar-refractivity contribution in [3.05, 3.63) is 61.7 Å². The summed E-state index contributed by atoms with van der Waals surface area (Å²) < 4.78 is 3.46. The zero-order chi connectivity index (χ0) is 19.3. The lowest BCUT2D eigenvalue weighted by Gasteiger charge is -2.07. The molecule has 0 atom stereocenters. The summed E-state index contributed by atoms with van der Waals surface area (Å²) in [5, 5.41) is 1.74. The van der Waals surface area contributed by atoms with Crippen LogP contribution in [0.1, 0.15) is 29.7 Å². The first-order chi connectivity index (χ1) is 13.7. The molecular formula is C21H21N3O2S2. The number of nitrogens with one attached hydrogen (secondary N) is 1. The highest BCUT2D eigenvalue weighted by atomic mass is 32.2. The average Bonchev–Trinajstić information content (AvgIpc) is 3.15. The van der Waals surface area contributed by atoms with Crippen molar-refractivity contribution < 1.29 is 0 Å². The van der Waals surface area contributed by atoms with E-state index in [0.29, 0.717) is 11.1 Å². The Morgan fingerprint density at radius 2 is 2.00 bits per heavy atom. The van der Waals surface area contributed by atoms with Crippen LogP contribution in [-0.4, -0.2) is 20.4 Å². The third kappa shape index (κ3) is 2.76. The second-order valence-electron chi connectivity index (χ2n) is 7.29. The van der Waals surface area contributed by atoms with E-state index in [1.807, 2.05) is 30.5 Å². The number of benzene rings is 1. The molecule has 3 aromatic heterocycles. The van der Waals surface area contributed by atoms with Gasteiger partial charge in [-0.25, -0.2) is 9.36 Å². The molecule has 1 aromatic carbocycles. The van der Waals surface area contributed by atoms with Gasteiger partial charge in [0.15, 0.2) is 0 Å². The topological polar surface area (TPSA) is 59.8 Å². The van der Waals surface area contributed by atoms with Crippen molar-refractivity contribution >= 4 is 44.2 Å². The van der Waals surface area contributed by atoms with Crippen molar-refractivity contribution in [3.63, 3.8) is 0 Å². The first kappa shape index (κ1) is 17.8. The monoisotopic (exact) mass is 411 g/mol. The minimum absolute atomic E-state index is 0.193. The van der Waals surface area contributed by atoms with Crippen molar-refractivity contribution in [2.24, 2.45) is 0 Å². The Morgan fingerprint density at radius 3 is 2.86 bits per heavy atom. The predicted octanol–water partition coefficient (Wildman–Crippen LogP) is 4.28. The van der Waals surface area contributed by atoms with Gasteiger partial charge in [0.2, 0.25) is 0 Å². The molecule has 28 heavy (non-hydrogen) atoms. The van der Waals surface area contributed by atoms with E-state index < -0.39 is 0 Å². The zero-order valence-corrected chi connectivity index (χ0v) is 17.3. The van der Waals surface area contributed by atoms with Crippen molar-refractivity contribution in [2.45, 2.75) is 38.0 Å². The van der Waals surface area contributed by atoms with Crippen LogP contribution in [0.25, 0.3) is 26.8 Å². The number of thiophene rings is 1. The Morgan fingerprint density at radius 1 is 1.14 bits per heavy atom. The Labute approximate surface area is 170 Å². The third-order valence-corrected chi connectivity index (χ3v) is 7.29. The van der Waals surface area contributed by atoms with E-state index in [9.17, 15) is 9.59 Å². The average molecular weight is 412 g/mol. The van der Waals surface area contributed by atoms with Gasteiger partial charge in [-0.2, -0.15) is 0 Å². The fraction of sp³-hybridized carbons (Fsp3) is 0.333. The highest BCUT2D eigenvalue weighted by Crippen LogP contribution is 2.32. The lowest BCUT2D eigenvalue weighted by atomic mass is 10.1. The smallest absolute Gasteiger partial charge is 0.334 e. The Bertz CT molecular complexity index is 1310. The maximum Gasteiger partial charge on any atom is 0.334 e. The molecular weight excluding hydrogens is 390 g/mol. The van der Waals surface area contributed by atoms with Gasteiger partial charge in [0.25, 0.3) is 5.56 Å².